The number of nitrogens with zero attached hydrogens (tertiary/aromatic N) is 3. The summed E-state index contributed by atoms with van der Waals surface area (Å²) in [6.45, 7) is 0. The Bertz CT molecular complexity index is 492. The highest BCUT2D eigenvalue weighted by atomic mass is 16.5. The van der Waals surface area contributed by atoms with Crippen LogP contribution in [0, 0.1) is 0 Å². The molecule has 0 aliphatic carbocycles. The van der Waals surface area contributed by atoms with Crippen LogP contribution in [0.2, 0.25) is 0 Å². The standard InChI is InChI=1S/C8H7N3O3/c1-14-7-3-2-6-5(8(12)13)4-9-11(6)10-7/h2-4H,1H3,(H,12,13). The highest BCUT2D eigenvalue weighted by molar-refractivity contribution is 5.95. The molecule has 1 N–H and O–H groups in total. The molecule has 6 nitrogen and oxygen atoms in total. The third-order valence-electron chi connectivity index (χ3n) is 1.80. The monoisotopic (exact) mass is 193 g/mol. The summed E-state index contributed by atoms with van der Waals surface area (Å²) in [5, 5.41) is 16.5. The van der Waals surface area contributed by atoms with Crippen LogP contribution >= 0.6 is 0 Å². The van der Waals surface area contributed by atoms with Crippen molar-refractivity contribution < 1.29 is 14.6 Å². The number of ether oxygens (including phenoxy) is 1. The number of hydrogen-bond acceptors (Lipinski definition) is 4. The van der Waals surface area contributed by atoms with E-state index in [-0.39, 0.29) is 5.56 Å². The molecular formula is C8H7N3O3. The quantitative estimate of drug-likeness (QED) is 0.748. The molecule has 0 saturated heterocycles. The van der Waals surface area contributed by atoms with Gasteiger partial charge < -0.3 is 9.84 Å². The van der Waals surface area contributed by atoms with Gasteiger partial charge in [0.2, 0.25) is 5.88 Å². The number of fused-ring (bicyclic) bond motifs is 1. The lowest BCUT2D eigenvalue weighted by molar-refractivity contribution is 0.0699. The molecule has 72 valence electrons. The van der Waals surface area contributed by atoms with Gasteiger partial charge in [-0.15, -0.1) is 9.73 Å². The van der Waals surface area contributed by atoms with Crippen molar-refractivity contribution in [1.82, 2.24) is 14.8 Å². The SMILES string of the molecule is COc1ccc2c(C(=O)O)cnn2n1. The van der Waals surface area contributed by atoms with Crippen LogP contribution in [0.5, 0.6) is 5.88 Å². The molecule has 0 bridgehead atoms. The van der Waals surface area contributed by atoms with Gasteiger partial charge >= 0.3 is 5.97 Å². The molecule has 6 heteroatoms. The second-order valence-electron chi connectivity index (χ2n) is 2.61. The van der Waals surface area contributed by atoms with Gasteiger partial charge in [0.25, 0.3) is 0 Å². The van der Waals surface area contributed by atoms with Crippen molar-refractivity contribution in [2.45, 2.75) is 0 Å². The summed E-state index contributed by atoms with van der Waals surface area (Å²) in [5.74, 6) is -0.635. The van der Waals surface area contributed by atoms with Gasteiger partial charge in [0.05, 0.1) is 13.3 Å². The Kier molecular flexibility index (Phi) is 1.81. The number of aromatic carboxylic acids is 1. The summed E-state index contributed by atoms with van der Waals surface area (Å²) in [6, 6.07) is 3.19. The van der Waals surface area contributed by atoms with Crippen LogP contribution in [0.25, 0.3) is 5.52 Å². The van der Waals surface area contributed by atoms with Gasteiger partial charge in [-0.2, -0.15) is 5.10 Å². The molecule has 0 radical (unpaired) electrons. The number of carboxylic acids is 1. The number of hydrogen-bond donors (Lipinski definition) is 1. The molecule has 2 heterocycles. The van der Waals surface area contributed by atoms with Crippen LogP contribution < -0.4 is 4.74 Å². The smallest absolute Gasteiger partial charge is 0.339 e. The second kappa shape index (κ2) is 2.99. The average Bonchev–Trinajstić information content (AvgIpc) is 2.59. The Morgan fingerprint density at radius 2 is 2.36 bits per heavy atom. The maximum atomic E-state index is 10.7. The molecule has 0 amide bonds. The van der Waals surface area contributed by atoms with E-state index in [1.54, 1.807) is 12.1 Å². The fraction of sp³-hybridized carbons (Fsp3) is 0.125. The van der Waals surface area contributed by atoms with E-state index >= 15 is 0 Å². The molecule has 0 atom stereocenters. The van der Waals surface area contributed by atoms with Gasteiger partial charge in [0.1, 0.15) is 11.1 Å². The molecule has 0 fully saturated rings. The first-order chi connectivity index (χ1) is 6.72. The largest absolute Gasteiger partial charge is 0.480 e. The minimum absolute atomic E-state index is 0.125. The zero-order valence-corrected chi connectivity index (χ0v) is 7.34. The van der Waals surface area contributed by atoms with E-state index in [1.807, 2.05) is 0 Å². The fourth-order valence-corrected chi connectivity index (χ4v) is 1.14. The third kappa shape index (κ3) is 1.17. The van der Waals surface area contributed by atoms with Crippen LogP contribution in [-0.2, 0) is 0 Å². The number of rotatable bonds is 2. The first kappa shape index (κ1) is 8.49. The first-order valence-electron chi connectivity index (χ1n) is 3.84. The van der Waals surface area contributed by atoms with Gasteiger partial charge in [-0.3, -0.25) is 0 Å². The average molecular weight is 193 g/mol. The van der Waals surface area contributed by atoms with E-state index in [1.165, 1.54) is 17.9 Å². The van der Waals surface area contributed by atoms with Crippen molar-refractivity contribution in [3.63, 3.8) is 0 Å². The Morgan fingerprint density at radius 1 is 1.57 bits per heavy atom. The number of carboxylic acid groups (broad SMARTS) is 1. The zero-order valence-electron chi connectivity index (χ0n) is 7.34. The minimum Gasteiger partial charge on any atom is -0.480 e. The lowest BCUT2D eigenvalue weighted by atomic mass is 10.3. The second-order valence-corrected chi connectivity index (χ2v) is 2.61. The predicted octanol–water partition coefficient (Wildman–Crippen LogP) is 0.436. The van der Waals surface area contributed by atoms with Crippen molar-refractivity contribution in [3.05, 3.63) is 23.9 Å². The molecule has 2 aromatic rings. The van der Waals surface area contributed by atoms with Gasteiger partial charge in [-0.25, -0.2) is 4.79 Å². The lowest BCUT2D eigenvalue weighted by Crippen LogP contribution is -1.99. The van der Waals surface area contributed by atoms with Crippen molar-refractivity contribution >= 4 is 11.5 Å². The summed E-state index contributed by atoms with van der Waals surface area (Å²) in [6.07, 6.45) is 1.25. The van der Waals surface area contributed by atoms with E-state index in [2.05, 4.69) is 10.2 Å². The Morgan fingerprint density at radius 3 is 3.00 bits per heavy atom. The maximum absolute atomic E-state index is 10.7. The predicted molar refractivity (Wildman–Crippen MR) is 46.5 cm³/mol. The summed E-state index contributed by atoms with van der Waals surface area (Å²) < 4.78 is 6.10. The minimum atomic E-state index is -1.02. The molecule has 2 rings (SSSR count). The number of aromatic nitrogens is 3. The molecule has 0 aliphatic rings. The van der Waals surface area contributed by atoms with Gasteiger partial charge in [-0.1, -0.05) is 0 Å². The molecule has 0 unspecified atom stereocenters. The van der Waals surface area contributed by atoms with E-state index in [0.29, 0.717) is 11.4 Å². The highest BCUT2D eigenvalue weighted by Crippen LogP contribution is 2.12. The summed E-state index contributed by atoms with van der Waals surface area (Å²) in [5.41, 5.74) is 0.568. The van der Waals surface area contributed by atoms with Crippen molar-refractivity contribution in [2.75, 3.05) is 7.11 Å². The van der Waals surface area contributed by atoms with Crippen LogP contribution in [0.4, 0.5) is 0 Å². The van der Waals surface area contributed by atoms with Crippen LogP contribution in [0.15, 0.2) is 18.3 Å². The molecular weight excluding hydrogens is 186 g/mol. The van der Waals surface area contributed by atoms with E-state index in [4.69, 9.17) is 9.84 Å². The van der Waals surface area contributed by atoms with Crippen LogP contribution in [-0.4, -0.2) is 33.0 Å². The molecule has 2 aromatic heterocycles. The normalized spacial score (nSPS) is 10.4. The number of carbonyl (C=O) groups is 1. The van der Waals surface area contributed by atoms with Gasteiger partial charge in [0.15, 0.2) is 0 Å². The highest BCUT2D eigenvalue weighted by Gasteiger charge is 2.11. The summed E-state index contributed by atoms with van der Waals surface area (Å²) in [7, 11) is 1.48. The number of methoxy groups -OCH3 is 1. The Labute approximate surface area is 78.7 Å². The lowest BCUT2D eigenvalue weighted by Gasteiger charge is -1.97. The molecule has 0 aromatic carbocycles. The van der Waals surface area contributed by atoms with E-state index < -0.39 is 5.97 Å². The maximum Gasteiger partial charge on any atom is 0.339 e. The fourth-order valence-electron chi connectivity index (χ4n) is 1.14. The van der Waals surface area contributed by atoms with Crippen LogP contribution in [0.1, 0.15) is 10.4 Å². The van der Waals surface area contributed by atoms with Crippen molar-refractivity contribution in [1.29, 1.82) is 0 Å². The van der Waals surface area contributed by atoms with Crippen LogP contribution in [0.3, 0.4) is 0 Å². The Hall–Kier alpha value is -2.11. The van der Waals surface area contributed by atoms with E-state index in [0.717, 1.165) is 0 Å². The third-order valence-corrected chi connectivity index (χ3v) is 1.80. The van der Waals surface area contributed by atoms with Gasteiger partial charge in [-0.05, 0) is 6.07 Å². The molecule has 0 spiro atoms. The van der Waals surface area contributed by atoms with Gasteiger partial charge in [0, 0.05) is 6.07 Å². The molecule has 14 heavy (non-hydrogen) atoms. The Balaban J connectivity index is 2.65. The molecule has 0 saturated carbocycles. The summed E-state index contributed by atoms with van der Waals surface area (Å²) >= 11 is 0. The van der Waals surface area contributed by atoms with Crippen molar-refractivity contribution in [3.8, 4) is 5.88 Å². The topological polar surface area (TPSA) is 76.7 Å². The summed E-state index contributed by atoms with van der Waals surface area (Å²) in [4.78, 5) is 10.7. The zero-order chi connectivity index (χ0) is 10.1. The van der Waals surface area contributed by atoms with E-state index in [9.17, 15) is 4.79 Å². The molecule has 0 aliphatic heterocycles. The van der Waals surface area contributed by atoms with Crippen molar-refractivity contribution in [2.24, 2.45) is 0 Å². The first-order valence-corrected chi connectivity index (χ1v) is 3.84.